The van der Waals surface area contributed by atoms with Crippen LogP contribution in [0.3, 0.4) is 0 Å². The molecule has 3 aliphatic rings. The van der Waals surface area contributed by atoms with Crippen molar-refractivity contribution in [2.75, 3.05) is 32.7 Å². The van der Waals surface area contributed by atoms with Gasteiger partial charge in [0, 0.05) is 44.3 Å². The molecule has 1 saturated heterocycles. The molecule has 1 aromatic rings. The third kappa shape index (κ3) is 3.10. The Morgan fingerprint density at radius 3 is 2.41 bits per heavy atom. The zero-order chi connectivity index (χ0) is 14.9. The second-order valence-electron chi connectivity index (χ2n) is 7.21. The van der Waals surface area contributed by atoms with E-state index in [1.54, 1.807) is 0 Å². The summed E-state index contributed by atoms with van der Waals surface area (Å²) in [7, 11) is 0. The van der Waals surface area contributed by atoms with Crippen LogP contribution in [0.25, 0.3) is 0 Å². The molecule has 1 aromatic carbocycles. The molecule has 2 aliphatic carbocycles. The smallest absolute Gasteiger partial charge is 0.0451 e. The number of hydrogen-bond donors (Lipinski definition) is 0. The number of halogens is 1. The molecule has 2 bridgehead atoms. The van der Waals surface area contributed by atoms with Crippen LogP contribution < -0.4 is 0 Å². The first kappa shape index (κ1) is 14.7. The molecule has 3 heteroatoms. The van der Waals surface area contributed by atoms with Gasteiger partial charge in [-0.25, -0.2) is 0 Å². The van der Waals surface area contributed by atoms with Crippen molar-refractivity contribution in [3.05, 3.63) is 47.0 Å². The molecule has 0 radical (unpaired) electrons. The molecular weight excluding hydrogens is 292 g/mol. The number of nitrogens with zero attached hydrogens (tertiary/aromatic N) is 2. The minimum atomic E-state index is 0.881. The highest BCUT2D eigenvalue weighted by atomic mass is 35.5. The van der Waals surface area contributed by atoms with Crippen molar-refractivity contribution in [2.45, 2.75) is 19.4 Å². The van der Waals surface area contributed by atoms with E-state index in [0.29, 0.717) is 0 Å². The molecule has 1 heterocycles. The first-order chi connectivity index (χ1) is 10.8. The average Bonchev–Trinajstić information content (AvgIpc) is 3.14. The summed E-state index contributed by atoms with van der Waals surface area (Å²) in [5.41, 5.74) is 1.26. The van der Waals surface area contributed by atoms with Crippen LogP contribution in [0.15, 0.2) is 36.4 Å². The van der Waals surface area contributed by atoms with E-state index in [1.165, 1.54) is 51.1 Å². The van der Waals surface area contributed by atoms with Gasteiger partial charge in [-0.15, -0.1) is 0 Å². The number of piperazine rings is 1. The van der Waals surface area contributed by atoms with E-state index >= 15 is 0 Å². The van der Waals surface area contributed by atoms with Gasteiger partial charge in [-0.3, -0.25) is 4.90 Å². The van der Waals surface area contributed by atoms with Crippen LogP contribution in [0.2, 0.25) is 5.02 Å². The lowest BCUT2D eigenvalue weighted by molar-refractivity contribution is 0.108. The van der Waals surface area contributed by atoms with E-state index < -0.39 is 0 Å². The van der Waals surface area contributed by atoms with E-state index in [9.17, 15) is 0 Å². The van der Waals surface area contributed by atoms with E-state index in [-0.39, 0.29) is 0 Å². The van der Waals surface area contributed by atoms with Gasteiger partial charge in [0.2, 0.25) is 0 Å². The average molecular weight is 317 g/mol. The number of benzene rings is 1. The Hall–Kier alpha value is -0.830. The highest BCUT2D eigenvalue weighted by Gasteiger charge is 2.36. The molecule has 0 aromatic heterocycles. The van der Waals surface area contributed by atoms with E-state index in [1.807, 2.05) is 12.1 Å². The lowest BCUT2D eigenvalue weighted by atomic mass is 9.93. The predicted molar refractivity (Wildman–Crippen MR) is 92.0 cm³/mol. The van der Waals surface area contributed by atoms with Gasteiger partial charge in [0.1, 0.15) is 0 Å². The summed E-state index contributed by atoms with van der Waals surface area (Å²) in [5.74, 6) is 2.70. The van der Waals surface area contributed by atoms with Crippen molar-refractivity contribution in [2.24, 2.45) is 17.8 Å². The molecule has 118 valence electrons. The van der Waals surface area contributed by atoms with Gasteiger partial charge in [0.15, 0.2) is 0 Å². The second-order valence-corrected chi connectivity index (χ2v) is 7.62. The summed E-state index contributed by atoms with van der Waals surface area (Å²) in [6.45, 7) is 7.06. The van der Waals surface area contributed by atoms with Crippen LogP contribution >= 0.6 is 11.6 Å². The Kier molecular flexibility index (Phi) is 4.25. The van der Waals surface area contributed by atoms with Gasteiger partial charge >= 0.3 is 0 Å². The van der Waals surface area contributed by atoms with Gasteiger partial charge < -0.3 is 4.90 Å². The molecule has 2 fully saturated rings. The van der Waals surface area contributed by atoms with Crippen LogP contribution in [0.4, 0.5) is 0 Å². The largest absolute Gasteiger partial charge is 0.300 e. The summed E-state index contributed by atoms with van der Waals surface area (Å²) in [6.07, 6.45) is 7.79. The van der Waals surface area contributed by atoms with Crippen LogP contribution in [-0.2, 0) is 6.54 Å². The van der Waals surface area contributed by atoms with Crippen molar-refractivity contribution in [1.82, 2.24) is 9.80 Å². The molecule has 0 unspecified atom stereocenters. The summed E-state index contributed by atoms with van der Waals surface area (Å²) < 4.78 is 0. The molecule has 0 N–H and O–H groups in total. The third-order valence-electron chi connectivity index (χ3n) is 5.73. The SMILES string of the molecule is Clc1ccccc1CN1CCN(C[C@H]2C[C@H]3C=C[C@H]2C3)CC1. The Labute approximate surface area is 138 Å². The Morgan fingerprint density at radius 1 is 0.955 bits per heavy atom. The van der Waals surface area contributed by atoms with Gasteiger partial charge in [0.05, 0.1) is 0 Å². The van der Waals surface area contributed by atoms with Crippen LogP contribution in [0.1, 0.15) is 18.4 Å². The maximum atomic E-state index is 6.28. The van der Waals surface area contributed by atoms with Crippen molar-refractivity contribution in [1.29, 1.82) is 0 Å². The number of hydrogen-bond acceptors (Lipinski definition) is 2. The molecule has 0 amide bonds. The molecule has 1 saturated carbocycles. The normalized spacial score (nSPS) is 32.0. The van der Waals surface area contributed by atoms with Crippen molar-refractivity contribution in [3.8, 4) is 0 Å². The van der Waals surface area contributed by atoms with Gasteiger partial charge in [0.25, 0.3) is 0 Å². The highest BCUT2D eigenvalue weighted by Crippen LogP contribution is 2.43. The molecule has 2 nitrogen and oxygen atoms in total. The summed E-state index contributed by atoms with van der Waals surface area (Å²) in [5, 5.41) is 0.902. The van der Waals surface area contributed by atoms with E-state index in [2.05, 4.69) is 34.1 Å². The quantitative estimate of drug-likeness (QED) is 0.782. The summed E-state index contributed by atoms with van der Waals surface area (Å²) in [4.78, 5) is 5.22. The van der Waals surface area contributed by atoms with Gasteiger partial charge in [-0.1, -0.05) is 42.0 Å². The molecule has 0 spiro atoms. The number of rotatable bonds is 4. The zero-order valence-electron chi connectivity index (χ0n) is 13.1. The molecule has 1 aliphatic heterocycles. The lowest BCUT2D eigenvalue weighted by Crippen LogP contribution is -2.47. The number of fused-ring (bicyclic) bond motifs is 2. The predicted octanol–water partition coefficient (Wildman–Crippen LogP) is 3.67. The topological polar surface area (TPSA) is 6.48 Å². The first-order valence-electron chi connectivity index (χ1n) is 8.64. The van der Waals surface area contributed by atoms with E-state index in [0.717, 1.165) is 29.3 Å². The fourth-order valence-electron chi connectivity index (χ4n) is 4.43. The van der Waals surface area contributed by atoms with Gasteiger partial charge in [-0.05, 0) is 42.2 Å². The van der Waals surface area contributed by atoms with Crippen molar-refractivity contribution >= 4 is 11.6 Å². The molecule has 22 heavy (non-hydrogen) atoms. The fourth-order valence-corrected chi connectivity index (χ4v) is 4.63. The van der Waals surface area contributed by atoms with Crippen molar-refractivity contribution in [3.63, 3.8) is 0 Å². The Bertz CT molecular complexity index is 548. The maximum absolute atomic E-state index is 6.28. The Balaban J connectivity index is 1.26. The zero-order valence-corrected chi connectivity index (χ0v) is 13.9. The minimum absolute atomic E-state index is 0.881. The monoisotopic (exact) mass is 316 g/mol. The fraction of sp³-hybridized carbons (Fsp3) is 0.579. The van der Waals surface area contributed by atoms with Gasteiger partial charge in [-0.2, -0.15) is 0 Å². The standard InChI is InChI=1S/C19H25ClN2/c20-19-4-2-1-3-17(19)13-21-7-9-22(10-8-21)14-18-12-15-5-6-16(18)11-15/h1-6,15-16,18H,7-14H2/t15-,16-,18+/m0/s1. The van der Waals surface area contributed by atoms with E-state index in [4.69, 9.17) is 11.6 Å². The molecule has 3 atom stereocenters. The van der Waals surface area contributed by atoms with Crippen molar-refractivity contribution < 1.29 is 0 Å². The molecule has 4 rings (SSSR count). The third-order valence-corrected chi connectivity index (χ3v) is 6.09. The Morgan fingerprint density at radius 2 is 1.73 bits per heavy atom. The highest BCUT2D eigenvalue weighted by molar-refractivity contribution is 6.31. The first-order valence-corrected chi connectivity index (χ1v) is 9.02. The maximum Gasteiger partial charge on any atom is 0.0451 e. The van der Waals surface area contributed by atoms with Crippen LogP contribution in [0.5, 0.6) is 0 Å². The second kappa shape index (κ2) is 6.35. The van der Waals surface area contributed by atoms with Crippen LogP contribution in [-0.4, -0.2) is 42.5 Å². The lowest BCUT2D eigenvalue weighted by Gasteiger charge is -2.37. The summed E-state index contributed by atoms with van der Waals surface area (Å²) >= 11 is 6.28. The molecular formula is C19H25ClN2. The number of allylic oxidation sites excluding steroid dienone is 2. The van der Waals surface area contributed by atoms with Crippen LogP contribution in [0, 0.1) is 17.8 Å². The minimum Gasteiger partial charge on any atom is -0.300 e. The summed E-state index contributed by atoms with van der Waals surface area (Å²) in [6, 6.07) is 8.24.